The Labute approximate surface area is 154 Å². The number of aryl methyl sites for hydroxylation is 1. The van der Waals surface area contributed by atoms with Crippen molar-refractivity contribution in [1.82, 2.24) is 20.0 Å². The second-order valence-corrected chi connectivity index (χ2v) is 6.73. The molecule has 2 aromatic rings. The highest BCUT2D eigenvalue weighted by Gasteiger charge is 2.26. The molecule has 6 nitrogen and oxygen atoms in total. The minimum atomic E-state index is 0.00633. The van der Waals surface area contributed by atoms with Crippen LogP contribution in [0.5, 0.6) is 0 Å². The largest absolute Gasteiger partial charge is 0.352 e. The van der Waals surface area contributed by atoms with Gasteiger partial charge in [0, 0.05) is 50.9 Å². The van der Waals surface area contributed by atoms with Gasteiger partial charge in [-0.05, 0) is 30.9 Å². The van der Waals surface area contributed by atoms with Gasteiger partial charge in [0.05, 0.1) is 0 Å². The van der Waals surface area contributed by atoms with Crippen LogP contribution in [0.1, 0.15) is 31.2 Å². The maximum absolute atomic E-state index is 12.3. The molecule has 0 radical (unpaired) electrons. The molecule has 0 spiro atoms. The number of nitrogens with zero attached hydrogens (tertiary/aromatic N) is 3. The van der Waals surface area contributed by atoms with E-state index in [1.807, 2.05) is 52.2 Å². The van der Waals surface area contributed by atoms with E-state index in [9.17, 15) is 9.59 Å². The molecule has 1 fully saturated rings. The number of carbonyl (C=O) groups is 2. The summed E-state index contributed by atoms with van der Waals surface area (Å²) in [6.07, 6.45) is 6.46. The Kier molecular flexibility index (Phi) is 6.41. The summed E-state index contributed by atoms with van der Waals surface area (Å²) in [6.45, 7) is 2.66. The predicted octanol–water partition coefficient (Wildman–Crippen LogP) is 2.22. The number of rotatable bonds is 7. The van der Waals surface area contributed by atoms with Crippen LogP contribution in [0.4, 0.5) is 0 Å². The molecule has 0 atom stereocenters. The summed E-state index contributed by atoms with van der Waals surface area (Å²) in [5.41, 5.74) is 1.10. The number of aromatic nitrogens is 2. The average Bonchev–Trinajstić information content (AvgIpc) is 3.20. The number of nitrogens with one attached hydrogen (secondary N) is 1. The van der Waals surface area contributed by atoms with Gasteiger partial charge in [0.25, 0.3) is 0 Å². The van der Waals surface area contributed by atoms with E-state index in [1.165, 1.54) is 0 Å². The lowest BCUT2D eigenvalue weighted by Crippen LogP contribution is -2.42. The number of amides is 2. The van der Waals surface area contributed by atoms with Crippen molar-refractivity contribution in [1.29, 1.82) is 0 Å². The molecule has 2 amide bonds. The first-order valence-corrected chi connectivity index (χ1v) is 9.29. The van der Waals surface area contributed by atoms with Crippen molar-refractivity contribution in [3.8, 4) is 0 Å². The highest BCUT2D eigenvalue weighted by Crippen LogP contribution is 2.18. The number of hydrogen-bond donors (Lipinski definition) is 1. The highest BCUT2D eigenvalue weighted by molar-refractivity contribution is 5.80. The Morgan fingerprint density at radius 2 is 1.88 bits per heavy atom. The molecule has 1 aromatic carbocycles. The molecule has 0 saturated carbocycles. The molecule has 0 bridgehead atoms. The summed E-state index contributed by atoms with van der Waals surface area (Å²) in [5, 5.41) is 7.15. The van der Waals surface area contributed by atoms with E-state index in [0.717, 1.165) is 31.4 Å². The van der Waals surface area contributed by atoms with Crippen LogP contribution in [0.2, 0.25) is 0 Å². The first kappa shape index (κ1) is 18.2. The van der Waals surface area contributed by atoms with Crippen LogP contribution < -0.4 is 5.32 Å². The van der Waals surface area contributed by atoms with Crippen molar-refractivity contribution in [2.45, 2.75) is 38.8 Å². The van der Waals surface area contributed by atoms with E-state index >= 15 is 0 Å². The lowest BCUT2D eigenvalue weighted by atomic mass is 9.95. The molecular formula is C20H26N4O2. The summed E-state index contributed by atoms with van der Waals surface area (Å²) in [4.78, 5) is 26.5. The Hall–Kier alpha value is -2.63. The van der Waals surface area contributed by atoms with E-state index in [4.69, 9.17) is 0 Å². The molecule has 1 aliphatic rings. The van der Waals surface area contributed by atoms with Crippen molar-refractivity contribution < 1.29 is 9.59 Å². The zero-order valence-corrected chi connectivity index (χ0v) is 15.0. The van der Waals surface area contributed by atoms with Crippen LogP contribution in [-0.4, -0.2) is 39.6 Å². The molecule has 0 unspecified atom stereocenters. The molecule has 1 saturated heterocycles. The topological polar surface area (TPSA) is 67.2 Å². The van der Waals surface area contributed by atoms with Gasteiger partial charge >= 0.3 is 0 Å². The van der Waals surface area contributed by atoms with Crippen LogP contribution in [-0.2, 0) is 22.7 Å². The van der Waals surface area contributed by atoms with Gasteiger partial charge in [-0.2, -0.15) is 5.10 Å². The Balaban J connectivity index is 1.35. The van der Waals surface area contributed by atoms with Gasteiger partial charge in [0.1, 0.15) is 0 Å². The van der Waals surface area contributed by atoms with Crippen molar-refractivity contribution in [2.75, 3.05) is 13.1 Å². The van der Waals surface area contributed by atoms with Crippen LogP contribution in [0.3, 0.4) is 0 Å². The van der Waals surface area contributed by atoms with E-state index in [1.54, 1.807) is 6.20 Å². The fraction of sp³-hybridized carbons (Fsp3) is 0.450. The standard InChI is InChI=1S/C20H26N4O2/c25-19(8-4-12-24-13-5-11-22-24)23-14-9-18(10-15-23)20(26)21-16-17-6-2-1-3-7-17/h1-3,5-7,11,13,18H,4,8-10,12,14-16H2,(H,21,26). The van der Waals surface area contributed by atoms with Crippen molar-refractivity contribution in [3.63, 3.8) is 0 Å². The Morgan fingerprint density at radius 1 is 1.12 bits per heavy atom. The third kappa shape index (κ3) is 5.18. The second-order valence-electron chi connectivity index (χ2n) is 6.73. The predicted molar refractivity (Wildman–Crippen MR) is 99.1 cm³/mol. The molecule has 6 heteroatoms. The summed E-state index contributed by atoms with van der Waals surface area (Å²) in [6, 6.07) is 11.8. The normalized spacial score (nSPS) is 15.0. The summed E-state index contributed by atoms with van der Waals surface area (Å²) in [7, 11) is 0. The molecular weight excluding hydrogens is 328 g/mol. The number of carbonyl (C=O) groups excluding carboxylic acids is 2. The molecule has 3 rings (SSSR count). The van der Waals surface area contributed by atoms with Crippen LogP contribution >= 0.6 is 0 Å². The Morgan fingerprint density at radius 3 is 2.58 bits per heavy atom. The number of piperidine rings is 1. The molecule has 26 heavy (non-hydrogen) atoms. The van der Waals surface area contributed by atoms with E-state index < -0.39 is 0 Å². The molecule has 1 aromatic heterocycles. The lowest BCUT2D eigenvalue weighted by Gasteiger charge is -2.31. The average molecular weight is 354 g/mol. The summed E-state index contributed by atoms with van der Waals surface area (Å²) < 4.78 is 1.84. The third-order valence-corrected chi connectivity index (χ3v) is 4.87. The van der Waals surface area contributed by atoms with Gasteiger partial charge in [-0.3, -0.25) is 14.3 Å². The second kappa shape index (κ2) is 9.17. The number of likely N-dealkylation sites (tertiary alicyclic amines) is 1. The van der Waals surface area contributed by atoms with E-state index in [2.05, 4.69) is 10.4 Å². The zero-order valence-electron chi connectivity index (χ0n) is 15.0. The fourth-order valence-corrected chi connectivity index (χ4v) is 3.30. The first-order valence-electron chi connectivity index (χ1n) is 9.29. The van der Waals surface area contributed by atoms with Gasteiger partial charge in [-0.1, -0.05) is 30.3 Å². The molecule has 0 aliphatic carbocycles. The summed E-state index contributed by atoms with van der Waals surface area (Å²) in [5.74, 6) is 0.284. The van der Waals surface area contributed by atoms with Crippen LogP contribution in [0.25, 0.3) is 0 Å². The molecule has 2 heterocycles. The number of benzene rings is 1. The van der Waals surface area contributed by atoms with Gasteiger partial charge in [-0.15, -0.1) is 0 Å². The lowest BCUT2D eigenvalue weighted by molar-refractivity contribution is -0.135. The maximum atomic E-state index is 12.3. The SMILES string of the molecule is O=C(NCc1ccccc1)C1CCN(C(=O)CCCn2cccn2)CC1. The highest BCUT2D eigenvalue weighted by atomic mass is 16.2. The monoisotopic (exact) mass is 354 g/mol. The minimum absolute atomic E-state index is 0.00633. The van der Waals surface area contributed by atoms with Crippen molar-refractivity contribution >= 4 is 11.8 Å². The van der Waals surface area contributed by atoms with Gasteiger partial charge in [0.2, 0.25) is 11.8 Å². The number of hydrogen-bond acceptors (Lipinski definition) is 3. The molecule has 1 N–H and O–H groups in total. The third-order valence-electron chi connectivity index (χ3n) is 4.87. The Bertz CT molecular complexity index is 692. The van der Waals surface area contributed by atoms with Crippen molar-refractivity contribution in [3.05, 3.63) is 54.4 Å². The van der Waals surface area contributed by atoms with Gasteiger partial charge in [0.15, 0.2) is 0 Å². The van der Waals surface area contributed by atoms with Gasteiger partial charge in [-0.25, -0.2) is 0 Å². The van der Waals surface area contributed by atoms with Crippen molar-refractivity contribution in [2.24, 2.45) is 5.92 Å². The van der Waals surface area contributed by atoms with Crippen LogP contribution in [0.15, 0.2) is 48.8 Å². The summed E-state index contributed by atoms with van der Waals surface area (Å²) >= 11 is 0. The van der Waals surface area contributed by atoms with E-state index in [-0.39, 0.29) is 17.7 Å². The van der Waals surface area contributed by atoms with E-state index in [0.29, 0.717) is 26.1 Å². The van der Waals surface area contributed by atoms with Gasteiger partial charge < -0.3 is 10.2 Å². The molecule has 1 aliphatic heterocycles. The fourth-order valence-electron chi connectivity index (χ4n) is 3.30. The minimum Gasteiger partial charge on any atom is -0.352 e. The quantitative estimate of drug-likeness (QED) is 0.829. The van der Waals surface area contributed by atoms with Crippen LogP contribution in [0, 0.1) is 5.92 Å². The zero-order chi connectivity index (χ0) is 18.2. The first-order chi connectivity index (χ1) is 12.7. The molecule has 138 valence electrons. The smallest absolute Gasteiger partial charge is 0.223 e. The maximum Gasteiger partial charge on any atom is 0.223 e.